The van der Waals surface area contributed by atoms with Crippen LogP contribution in [0.2, 0.25) is 0 Å². The normalized spacial score (nSPS) is 11.0. The van der Waals surface area contributed by atoms with Crippen LogP contribution in [0, 0.1) is 0 Å². The van der Waals surface area contributed by atoms with Crippen molar-refractivity contribution in [2.24, 2.45) is 0 Å². The first kappa shape index (κ1) is 29.9. The Morgan fingerprint density at radius 2 is 1.02 bits per heavy atom. The number of nitrogens with one attached hydrogen (secondary N) is 1. The van der Waals surface area contributed by atoms with Crippen LogP contribution in [-0.4, -0.2) is 5.91 Å². The zero-order valence-corrected chi connectivity index (χ0v) is 25.1. The largest absolute Gasteiger partial charge is 0.398 e. The molecule has 1 amide bonds. The molecule has 0 aliphatic heterocycles. The molecule has 0 fully saturated rings. The second-order valence-electron chi connectivity index (χ2n) is 10.9. The molecule has 214 valence electrons. The number of hydrogen-bond acceptors (Lipinski definition) is 3. The number of nitrogen functional groups attached to an aromatic ring is 2. The quantitative estimate of drug-likeness (QED) is 0.155. The highest BCUT2D eigenvalue weighted by Crippen LogP contribution is 2.44. The van der Waals surface area contributed by atoms with E-state index in [9.17, 15) is 4.79 Å². The van der Waals surface area contributed by atoms with Gasteiger partial charge in [0.25, 0.3) is 5.91 Å². The molecule has 5 N–H and O–H groups in total. The third-order valence-corrected chi connectivity index (χ3v) is 7.75. The van der Waals surface area contributed by atoms with E-state index in [0.29, 0.717) is 5.56 Å². The average Bonchev–Trinajstić information content (AvgIpc) is 2.98. The van der Waals surface area contributed by atoms with Crippen molar-refractivity contribution in [1.29, 1.82) is 0 Å². The van der Waals surface area contributed by atoms with Crippen LogP contribution in [0.25, 0.3) is 22.3 Å². The molecule has 0 aliphatic carbocycles. The van der Waals surface area contributed by atoms with Gasteiger partial charge in [-0.1, -0.05) is 114 Å². The standard InChI is InChI=1S/C37H45N3O/c1-5-15-27-23-29(24-28(16-6-2)35(27)38)40-37(41)34-32(25-19-11-9-12-20-25)30(17-7-3)36(39)31(18-8-4)33(34)26-21-13-10-14-22-26/h9-14,19-24H,5-8,15-18,38-39H2,1-4H3,(H,40,41). The zero-order valence-electron chi connectivity index (χ0n) is 25.1. The van der Waals surface area contributed by atoms with Gasteiger partial charge in [0.2, 0.25) is 0 Å². The van der Waals surface area contributed by atoms with E-state index in [2.05, 4.69) is 69.4 Å². The lowest BCUT2D eigenvalue weighted by Gasteiger charge is -2.25. The molecular weight excluding hydrogens is 502 g/mol. The van der Waals surface area contributed by atoms with Gasteiger partial charge in [-0.25, -0.2) is 0 Å². The topological polar surface area (TPSA) is 81.1 Å². The minimum absolute atomic E-state index is 0.118. The van der Waals surface area contributed by atoms with Gasteiger partial charge in [-0.2, -0.15) is 0 Å². The first-order chi connectivity index (χ1) is 19.9. The summed E-state index contributed by atoms with van der Waals surface area (Å²) in [5, 5.41) is 3.33. The maximum absolute atomic E-state index is 14.7. The molecule has 0 spiro atoms. The Morgan fingerprint density at radius 3 is 1.41 bits per heavy atom. The highest BCUT2D eigenvalue weighted by atomic mass is 16.1. The molecule has 4 nitrogen and oxygen atoms in total. The van der Waals surface area contributed by atoms with Gasteiger partial charge in [0, 0.05) is 28.2 Å². The maximum Gasteiger partial charge on any atom is 0.256 e. The maximum atomic E-state index is 14.7. The Balaban J connectivity index is 2.03. The van der Waals surface area contributed by atoms with Crippen LogP contribution in [0.15, 0.2) is 72.8 Å². The van der Waals surface area contributed by atoms with Gasteiger partial charge in [-0.15, -0.1) is 0 Å². The number of amides is 1. The van der Waals surface area contributed by atoms with Crippen molar-refractivity contribution in [3.8, 4) is 22.3 Å². The van der Waals surface area contributed by atoms with Crippen molar-refractivity contribution in [3.05, 3.63) is 101 Å². The molecule has 0 saturated heterocycles. The summed E-state index contributed by atoms with van der Waals surface area (Å²) in [7, 11) is 0. The number of carbonyl (C=O) groups is 1. The lowest BCUT2D eigenvalue weighted by Crippen LogP contribution is -2.19. The minimum Gasteiger partial charge on any atom is -0.398 e. The van der Waals surface area contributed by atoms with Gasteiger partial charge < -0.3 is 16.8 Å². The third-order valence-electron chi connectivity index (χ3n) is 7.75. The summed E-state index contributed by atoms with van der Waals surface area (Å²) in [4.78, 5) is 14.7. The summed E-state index contributed by atoms with van der Waals surface area (Å²) < 4.78 is 0. The van der Waals surface area contributed by atoms with E-state index in [-0.39, 0.29) is 5.91 Å². The third kappa shape index (κ3) is 6.48. The van der Waals surface area contributed by atoms with Gasteiger partial charge in [-0.3, -0.25) is 4.79 Å². The lowest BCUT2D eigenvalue weighted by molar-refractivity contribution is 0.102. The molecule has 0 radical (unpaired) electrons. The number of anilines is 3. The predicted octanol–water partition coefficient (Wildman–Crippen LogP) is 9.25. The minimum atomic E-state index is -0.118. The van der Waals surface area contributed by atoms with Crippen molar-refractivity contribution in [2.75, 3.05) is 16.8 Å². The molecule has 0 saturated carbocycles. The summed E-state index contributed by atoms with van der Waals surface area (Å²) in [6.45, 7) is 8.64. The van der Waals surface area contributed by atoms with Gasteiger partial charge in [0.05, 0.1) is 5.56 Å². The summed E-state index contributed by atoms with van der Waals surface area (Å²) >= 11 is 0. The van der Waals surface area contributed by atoms with E-state index in [0.717, 1.165) is 113 Å². The molecule has 0 heterocycles. The van der Waals surface area contributed by atoms with Crippen LogP contribution in [-0.2, 0) is 25.7 Å². The summed E-state index contributed by atoms with van der Waals surface area (Å²) in [5.41, 5.74) is 24.9. The summed E-state index contributed by atoms with van der Waals surface area (Å²) in [6.07, 6.45) is 7.18. The first-order valence-electron chi connectivity index (χ1n) is 15.3. The Bertz CT molecular complexity index is 1380. The van der Waals surface area contributed by atoms with Crippen LogP contribution in [0.3, 0.4) is 0 Å². The van der Waals surface area contributed by atoms with Crippen molar-refractivity contribution in [1.82, 2.24) is 0 Å². The monoisotopic (exact) mass is 547 g/mol. The Labute approximate surface area is 246 Å². The fourth-order valence-corrected chi connectivity index (χ4v) is 5.97. The average molecular weight is 548 g/mol. The predicted molar refractivity (Wildman–Crippen MR) is 177 cm³/mol. The van der Waals surface area contributed by atoms with E-state index in [1.54, 1.807) is 0 Å². The van der Waals surface area contributed by atoms with Crippen molar-refractivity contribution in [3.63, 3.8) is 0 Å². The van der Waals surface area contributed by atoms with E-state index in [4.69, 9.17) is 11.5 Å². The number of hydrogen-bond donors (Lipinski definition) is 3. The first-order valence-corrected chi connectivity index (χ1v) is 15.3. The van der Waals surface area contributed by atoms with E-state index >= 15 is 0 Å². The summed E-state index contributed by atoms with van der Waals surface area (Å²) in [6, 6.07) is 24.6. The fraction of sp³-hybridized carbons (Fsp3) is 0.324. The highest BCUT2D eigenvalue weighted by Gasteiger charge is 2.28. The zero-order chi connectivity index (χ0) is 29.4. The molecule has 4 aromatic carbocycles. The number of rotatable bonds is 12. The van der Waals surface area contributed by atoms with Gasteiger partial charge in [-0.05, 0) is 71.2 Å². The molecular formula is C37H45N3O. The van der Waals surface area contributed by atoms with Crippen molar-refractivity contribution in [2.45, 2.75) is 79.1 Å². The summed E-state index contributed by atoms with van der Waals surface area (Å²) in [5.74, 6) is -0.118. The number of benzene rings is 4. The van der Waals surface area contributed by atoms with E-state index in [1.165, 1.54) is 0 Å². The van der Waals surface area contributed by atoms with Crippen LogP contribution in [0.1, 0.15) is 86.0 Å². The van der Waals surface area contributed by atoms with Crippen molar-refractivity contribution >= 4 is 23.0 Å². The van der Waals surface area contributed by atoms with E-state index < -0.39 is 0 Å². The molecule has 0 aliphatic rings. The van der Waals surface area contributed by atoms with Crippen LogP contribution < -0.4 is 16.8 Å². The van der Waals surface area contributed by atoms with E-state index in [1.807, 2.05) is 36.4 Å². The molecule has 0 unspecified atom stereocenters. The molecule has 4 heteroatoms. The molecule has 0 aromatic heterocycles. The van der Waals surface area contributed by atoms with Gasteiger partial charge in [0.15, 0.2) is 0 Å². The molecule has 0 bridgehead atoms. The second kappa shape index (κ2) is 14.0. The number of aryl methyl sites for hydroxylation is 2. The van der Waals surface area contributed by atoms with Crippen LogP contribution >= 0.6 is 0 Å². The Hall–Kier alpha value is -4.05. The SMILES string of the molecule is CCCc1cc(NC(=O)c2c(-c3ccccc3)c(CCC)c(N)c(CCC)c2-c2ccccc2)cc(CCC)c1N. The Morgan fingerprint density at radius 1 is 0.610 bits per heavy atom. The molecule has 41 heavy (non-hydrogen) atoms. The molecule has 0 atom stereocenters. The molecule has 4 aromatic rings. The van der Waals surface area contributed by atoms with Crippen LogP contribution in [0.4, 0.5) is 17.1 Å². The highest BCUT2D eigenvalue weighted by molar-refractivity contribution is 6.15. The smallest absolute Gasteiger partial charge is 0.256 e. The van der Waals surface area contributed by atoms with Crippen molar-refractivity contribution < 1.29 is 4.79 Å². The fourth-order valence-electron chi connectivity index (χ4n) is 5.97. The number of carbonyl (C=O) groups excluding carboxylic acids is 1. The van der Waals surface area contributed by atoms with Gasteiger partial charge >= 0.3 is 0 Å². The lowest BCUT2D eigenvalue weighted by atomic mass is 9.80. The molecule has 4 rings (SSSR count). The second-order valence-corrected chi connectivity index (χ2v) is 10.9. The Kier molecular flexibility index (Phi) is 10.2. The van der Waals surface area contributed by atoms with Gasteiger partial charge in [0.1, 0.15) is 0 Å². The van der Waals surface area contributed by atoms with Crippen LogP contribution in [0.5, 0.6) is 0 Å². The number of nitrogens with two attached hydrogens (primary N) is 2.